The van der Waals surface area contributed by atoms with Crippen LogP contribution in [0.4, 0.5) is 0 Å². The Morgan fingerprint density at radius 1 is 1.21 bits per heavy atom. The number of benzene rings is 1. The summed E-state index contributed by atoms with van der Waals surface area (Å²) in [7, 11) is 1.60. The third-order valence-corrected chi connectivity index (χ3v) is 5.24. The number of nitrogens with zero attached hydrogens (tertiary/aromatic N) is 2. The van der Waals surface area contributed by atoms with Crippen molar-refractivity contribution in [2.24, 2.45) is 0 Å². The number of ether oxygens (including phenoxy) is 1. The van der Waals surface area contributed by atoms with Gasteiger partial charge in [-0.3, -0.25) is 9.69 Å². The average molecular weight is 383 g/mol. The minimum absolute atomic E-state index is 0.175. The van der Waals surface area contributed by atoms with Crippen molar-refractivity contribution >= 4 is 17.0 Å². The summed E-state index contributed by atoms with van der Waals surface area (Å²) < 4.78 is 16.7. The van der Waals surface area contributed by atoms with Gasteiger partial charge in [0.15, 0.2) is 11.3 Å². The zero-order valence-electron chi connectivity index (χ0n) is 16.2. The molecule has 1 amide bonds. The number of rotatable bonds is 6. The number of nitrogens with one attached hydrogen (secondary N) is 1. The molecule has 0 radical (unpaired) electrons. The summed E-state index contributed by atoms with van der Waals surface area (Å²) >= 11 is 0. The molecule has 1 aromatic carbocycles. The van der Waals surface area contributed by atoms with E-state index in [0.717, 1.165) is 18.8 Å². The number of fused-ring (bicyclic) bond motifs is 1. The van der Waals surface area contributed by atoms with Gasteiger partial charge in [0.25, 0.3) is 5.91 Å². The first-order chi connectivity index (χ1) is 13.6. The summed E-state index contributed by atoms with van der Waals surface area (Å²) in [6.45, 7) is 4.46. The Morgan fingerprint density at radius 2 is 2.04 bits per heavy atom. The zero-order chi connectivity index (χ0) is 19.5. The van der Waals surface area contributed by atoms with E-state index in [1.807, 2.05) is 12.1 Å². The van der Waals surface area contributed by atoms with E-state index in [9.17, 15) is 4.79 Å². The molecule has 1 unspecified atom stereocenters. The zero-order valence-corrected chi connectivity index (χ0v) is 16.2. The van der Waals surface area contributed by atoms with Gasteiger partial charge in [-0.15, -0.1) is 0 Å². The van der Waals surface area contributed by atoms with Crippen molar-refractivity contribution in [3.05, 3.63) is 47.7 Å². The smallest absolute Gasteiger partial charge is 0.287 e. The minimum Gasteiger partial charge on any atom is -0.497 e. The van der Waals surface area contributed by atoms with E-state index >= 15 is 0 Å². The summed E-state index contributed by atoms with van der Waals surface area (Å²) in [5.74, 6) is 1.99. The molecule has 1 aliphatic heterocycles. The molecular formula is C21H25N3O4. The molecule has 1 N–H and O–H groups in total. The second-order valence-electron chi connectivity index (χ2n) is 7.10. The second kappa shape index (κ2) is 8.06. The number of furan rings is 1. The molecule has 4 rings (SSSR count). The van der Waals surface area contributed by atoms with Gasteiger partial charge in [0.05, 0.1) is 19.7 Å². The third-order valence-electron chi connectivity index (χ3n) is 5.24. The summed E-state index contributed by atoms with van der Waals surface area (Å²) in [6.07, 6.45) is 3.72. The van der Waals surface area contributed by atoms with Crippen LogP contribution in [0.2, 0.25) is 0 Å². The monoisotopic (exact) mass is 383 g/mol. The van der Waals surface area contributed by atoms with E-state index in [-0.39, 0.29) is 18.5 Å². The fourth-order valence-corrected chi connectivity index (χ4v) is 3.59. The number of aromatic nitrogens is 1. The van der Waals surface area contributed by atoms with Crippen LogP contribution in [0, 0.1) is 0 Å². The van der Waals surface area contributed by atoms with Crippen molar-refractivity contribution in [3.63, 3.8) is 0 Å². The van der Waals surface area contributed by atoms with Gasteiger partial charge in [-0.2, -0.15) is 0 Å². The van der Waals surface area contributed by atoms with Crippen molar-refractivity contribution in [2.75, 3.05) is 20.2 Å². The highest BCUT2D eigenvalue weighted by molar-refractivity contribution is 5.91. The molecule has 0 aliphatic carbocycles. The summed E-state index contributed by atoms with van der Waals surface area (Å²) in [4.78, 5) is 19.2. The Bertz CT molecular complexity index is 956. The highest BCUT2D eigenvalue weighted by Gasteiger charge is 2.22. The molecule has 2 aromatic heterocycles. The molecule has 1 atom stereocenters. The minimum atomic E-state index is -0.281. The Hall–Kier alpha value is -2.80. The highest BCUT2D eigenvalue weighted by atomic mass is 16.5. The fraction of sp³-hybridized carbons (Fsp3) is 0.429. The number of piperidine rings is 1. The first-order valence-corrected chi connectivity index (χ1v) is 9.69. The van der Waals surface area contributed by atoms with Gasteiger partial charge in [-0.05, 0) is 57.1 Å². The lowest BCUT2D eigenvalue weighted by molar-refractivity contribution is 0.0910. The lowest BCUT2D eigenvalue weighted by atomic mass is 10.1. The van der Waals surface area contributed by atoms with E-state index in [2.05, 4.69) is 22.1 Å². The molecule has 7 heteroatoms. The molecule has 1 fully saturated rings. The van der Waals surface area contributed by atoms with Gasteiger partial charge >= 0.3 is 0 Å². The Morgan fingerprint density at radius 3 is 2.82 bits per heavy atom. The number of oxazole rings is 1. The lowest BCUT2D eigenvalue weighted by Crippen LogP contribution is -2.32. The highest BCUT2D eigenvalue weighted by Crippen LogP contribution is 2.26. The largest absolute Gasteiger partial charge is 0.497 e. The van der Waals surface area contributed by atoms with Crippen molar-refractivity contribution in [1.82, 2.24) is 15.2 Å². The molecule has 3 aromatic rings. The number of methoxy groups -OCH3 is 1. The summed E-state index contributed by atoms with van der Waals surface area (Å²) in [6, 6.07) is 9.19. The number of carbonyl (C=O) groups excluding carboxylic acids is 1. The number of amides is 1. The first-order valence-electron chi connectivity index (χ1n) is 9.69. The van der Waals surface area contributed by atoms with Crippen LogP contribution in [0.5, 0.6) is 5.75 Å². The maximum absolute atomic E-state index is 12.4. The van der Waals surface area contributed by atoms with Gasteiger partial charge in [0.1, 0.15) is 17.0 Å². The molecule has 0 bridgehead atoms. The second-order valence-corrected chi connectivity index (χ2v) is 7.10. The Balaban J connectivity index is 1.38. The van der Waals surface area contributed by atoms with Crippen LogP contribution in [0.1, 0.15) is 54.4 Å². The normalized spacial score (nSPS) is 16.2. The van der Waals surface area contributed by atoms with Crippen LogP contribution in [0.15, 0.2) is 39.2 Å². The fourth-order valence-electron chi connectivity index (χ4n) is 3.59. The van der Waals surface area contributed by atoms with Crippen molar-refractivity contribution in [2.45, 2.75) is 38.8 Å². The Labute approximate surface area is 163 Å². The molecular weight excluding hydrogens is 358 g/mol. The third kappa shape index (κ3) is 3.89. The van der Waals surface area contributed by atoms with Crippen molar-refractivity contribution < 1.29 is 18.4 Å². The van der Waals surface area contributed by atoms with Crippen LogP contribution in [-0.4, -0.2) is 36.0 Å². The van der Waals surface area contributed by atoms with Gasteiger partial charge in [-0.1, -0.05) is 6.42 Å². The molecule has 1 saturated heterocycles. The van der Waals surface area contributed by atoms with Gasteiger partial charge < -0.3 is 18.9 Å². The number of hydrogen-bond acceptors (Lipinski definition) is 6. The standard InChI is InChI=1S/C21H25N3O4/c1-14(24-10-4-3-5-11-24)17-8-9-19(27-17)21(25)22-13-20-23-16-12-15(26-2)6-7-18(16)28-20/h6-9,12,14H,3-5,10-11,13H2,1-2H3,(H,22,25). The SMILES string of the molecule is COc1ccc2oc(CNC(=O)c3ccc(C(C)N4CCCCC4)o3)nc2c1. The first kappa shape index (κ1) is 18.6. The topological polar surface area (TPSA) is 80.7 Å². The van der Waals surface area contributed by atoms with Gasteiger partial charge in [0.2, 0.25) is 5.89 Å². The van der Waals surface area contributed by atoms with Crippen LogP contribution >= 0.6 is 0 Å². The molecule has 28 heavy (non-hydrogen) atoms. The van der Waals surface area contributed by atoms with E-state index in [4.69, 9.17) is 13.6 Å². The molecule has 1 aliphatic rings. The van der Waals surface area contributed by atoms with Crippen LogP contribution in [0.3, 0.4) is 0 Å². The van der Waals surface area contributed by atoms with Gasteiger partial charge in [-0.25, -0.2) is 4.98 Å². The lowest BCUT2D eigenvalue weighted by Gasteiger charge is -2.31. The number of carbonyl (C=O) groups is 1. The van der Waals surface area contributed by atoms with Gasteiger partial charge in [0, 0.05) is 6.07 Å². The molecule has 7 nitrogen and oxygen atoms in total. The Kier molecular flexibility index (Phi) is 5.34. The van der Waals surface area contributed by atoms with E-state index in [1.165, 1.54) is 19.3 Å². The molecule has 3 heterocycles. The van der Waals surface area contributed by atoms with Crippen LogP contribution < -0.4 is 10.1 Å². The predicted molar refractivity (Wildman–Crippen MR) is 104 cm³/mol. The van der Waals surface area contributed by atoms with Crippen LogP contribution in [0.25, 0.3) is 11.1 Å². The number of hydrogen-bond donors (Lipinski definition) is 1. The predicted octanol–water partition coefficient (Wildman–Crippen LogP) is 3.91. The molecule has 0 spiro atoms. The summed E-state index contributed by atoms with van der Waals surface area (Å²) in [5, 5.41) is 2.80. The maximum Gasteiger partial charge on any atom is 0.287 e. The molecule has 0 saturated carbocycles. The summed E-state index contributed by atoms with van der Waals surface area (Å²) in [5.41, 5.74) is 1.35. The van der Waals surface area contributed by atoms with E-state index < -0.39 is 0 Å². The van der Waals surface area contributed by atoms with Crippen molar-refractivity contribution in [3.8, 4) is 5.75 Å². The van der Waals surface area contributed by atoms with E-state index in [1.54, 1.807) is 25.3 Å². The van der Waals surface area contributed by atoms with Crippen LogP contribution in [-0.2, 0) is 6.54 Å². The van der Waals surface area contributed by atoms with Crippen molar-refractivity contribution in [1.29, 1.82) is 0 Å². The number of likely N-dealkylation sites (tertiary alicyclic amines) is 1. The average Bonchev–Trinajstić information content (AvgIpc) is 3.38. The molecule has 148 valence electrons. The quantitative estimate of drug-likeness (QED) is 0.695. The maximum atomic E-state index is 12.4. The van der Waals surface area contributed by atoms with E-state index in [0.29, 0.717) is 28.5 Å².